The number of likely N-dealkylation sites (tertiary alicyclic amines) is 1. The monoisotopic (exact) mass is 381 g/mol. The molecule has 1 saturated heterocycles. The number of nitrogens with zero attached hydrogens (tertiary/aromatic N) is 1. The van der Waals surface area contributed by atoms with E-state index in [1.165, 1.54) is 11.8 Å². The van der Waals surface area contributed by atoms with E-state index in [1.807, 2.05) is 44.2 Å². The number of carbonyl (C=O) groups is 3. The molecular formula is C19H24ClNO5. The maximum absolute atomic E-state index is 12.5. The van der Waals surface area contributed by atoms with Crippen LogP contribution in [-0.4, -0.2) is 40.9 Å². The zero-order chi connectivity index (χ0) is 19.3. The van der Waals surface area contributed by atoms with Crippen molar-refractivity contribution in [3.63, 3.8) is 0 Å². The Morgan fingerprint density at radius 3 is 2.42 bits per heavy atom. The van der Waals surface area contributed by atoms with E-state index in [0.717, 1.165) is 5.56 Å². The lowest BCUT2D eigenvalue weighted by atomic mass is 9.77. The highest BCUT2D eigenvalue weighted by Gasteiger charge is 2.52. The summed E-state index contributed by atoms with van der Waals surface area (Å²) in [6.45, 7) is 5.48. The molecule has 0 bridgehead atoms. The van der Waals surface area contributed by atoms with Crippen LogP contribution in [0.5, 0.6) is 0 Å². The van der Waals surface area contributed by atoms with Crippen LogP contribution >= 0.6 is 11.6 Å². The number of halogens is 1. The maximum Gasteiger partial charge on any atom is 0.344 e. The first-order valence-corrected chi connectivity index (χ1v) is 9.06. The summed E-state index contributed by atoms with van der Waals surface area (Å²) in [6.07, 6.45) is 0.434. The quantitative estimate of drug-likeness (QED) is 0.299. The van der Waals surface area contributed by atoms with Gasteiger partial charge in [-0.3, -0.25) is 9.59 Å². The van der Waals surface area contributed by atoms with Crippen LogP contribution in [0.15, 0.2) is 30.3 Å². The largest absolute Gasteiger partial charge is 0.466 e. The van der Waals surface area contributed by atoms with Gasteiger partial charge in [-0.05, 0) is 11.5 Å². The minimum absolute atomic E-state index is 0.0939. The highest BCUT2D eigenvalue weighted by Crippen LogP contribution is 2.37. The first kappa shape index (κ1) is 20.2. The summed E-state index contributed by atoms with van der Waals surface area (Å²) in [5, 5.41) is 0. The van der Waals surface area contributed by atoms with Gasteiger partial charge in [-0.2, -0.15) is 0 Å². The molecule has 7 heteroatoms. The Bertz CT molecular complexity index is 649. The number of amides is 1. The second kappa shape index (κ2) is 9.03. The van der Waals surface area contributed by atoms with E-state index in [4.69, 9.17) is 21.1 Å². The minimum atomic E-state index is -1.19. The number of ether oxygens (including phenoxy) is 2. The van der Waals surface area contributed by atoms with Gasteiger partial charge in [0.05, 0.1) is 12.5 Å². The Hall–Kier alpha value is -2.08. The van der Waals surface area contributed by atoms with Gasteiger partial charge < -0.3 is 14.4 Å². The molecule has 6 nitrogen and oxygen atoms in total. The third-order valence-electron chi connectivity index (χ3n) is 4.41. The molecule has 1 fully saturated rings. The molecule has 0 spiro atoms. The Labute approximate surface area is 158 Å². The van der Waals surface area contributed by atoms with E-state index in [9.17, 15) is 14.4 Å². The van der Waals surface area contributed by atoms with Gasteiger partial charge >= 0.3 is 11.9 Å². The van der Waals surface area contributed by atoms with Crippen molar-refractivity contribution in [1.82, 2.24) is 4.90 Å². The van der Waals surface area contributed by atoms with E-state index in [2.05, 4.69) is 0 Å². The molecule has 26 heavy (non-hydrogen) atoms. The number of β-lactam (4-membered cyclic amide) rings is 1. The van der Waals surface area contributed by atoms with Gasteiger partial charge in [0.1, 0.15) is 6.61 Å². The van der Waals surface area contributed by atoms with Crippen molar-refractivity contribution in [1.29, 1.82) is 0 Å². The molecule has 1 unspecified atom stereocenters. The van der Waals surface area contributed by atoms with Crippen LogP contribution in [0, 0.1) is 11.8 Å². The molecule has 142 valence electrons. The molecule has 1 heterocycles. The highest BCUT2D eigenvalue weighted by molar-refractivity contribution is 6.30. The van der Waals surface area contributed by atoms with Crippen LogP contribution in [0.2, 0.25) is 0 Å². The second-order valence-corrected chi connectivity index (χ2v) is 7.05. The summed E-state index contributed by atoms with van der Waals surface area (Å²) in [6, 6.07) is 8.98. The van der Waals surface area contributed by atoms with Crippen LogP contribution < -0.4 is 0 Å². The summed E-state index contributed by atoms with van der Waals surface area (Å²) in [7, 11) is 0. The fraction of sp³-hybridized carbons (Fsp3) is 0.526. The molecule has 1 aliphatic heterocycles. The van der Waals surface area contributed by atoms with Crippen LogP contribution in [0.4, 0.5) is 0 Å². The number of carbonyl (C=O) groups excluding carboxylic acids is 3. The molecule has 1 aliphatic rings. The average Bonchev–Trinajstić information content (AvgIpc) is 2.59. The van der Waals surface area contributed by atoms with Crippen LogP contribution in [0.25, 0.3) is 0 Å². The SMILES string of the molecule is CC(=O)OCC[C@@H]1[C@@H](C(C)C)C(=O)N1C(Cl)C(=O)OCc1ccccc1. The van der Waals surface area contributed by atoms with Crippen molar-refractivity contribution in [2.24, 2.45) is 11.8 Å². The van der Waals surface area contributed by atoms with Gasteiger partial charge in [-0.1, -0.05) is 55.8 Å². The third kappa shape index (κ3) is 4.75. The number of rotatable bonds is 8. The van der Waals surface area contributed by atoms with E-state index >= 15 is 0 Å². The van der Waals surface area contributed by atoms with Crippen molar-refractivity contribution in [3.8, 4) is 0 Å². The number of hydrogen-bond acceptors (Lipinski definition) is 5. The van der Waals surface area contributed by atoms with Crippen LogP contribution in [-0.2, 0) is 30.5 Å². The van der Waals surface area contributed by atoms with Crippen molar-refractivity contribution >= 4 is 29.4 Å². The molecule has 0 N–H and O–H groups in total. The summed E-state index contributed by atoms with van der Waals surface area (Å²) in [5.74, 6) is -1.36. The Balaban J connectivity index is 1.97. The topological polar surface area (TPSA) is 72.9 Å². The number of alkyl halides is 1. The third-order valence-corrected chi connectivity index (χ3v) is 4.80. The standard InChI is InChI=1S/C19H24ClNO5/c1-12(2)16-15(9-10-25-13(3)22)21(18(16)23)17(20)19(24)26-11-14-7-5-4-6-8-14/h4-8,12,15-17H,9-11H2,1-3H3/t15-,16-,17?/m1/s1. The predicted octanol–water partition coefficient (Wildman–Crippen LogP) is 2.73. The molecule has 1 amide bonds. The summed E-state index contributed by atoms with van der Waals surface area (Å²) >= 11 is 6.22. The molecule has 1 aromatic rings. The van der Waals surface area contributed by atoms with E-state index < -0.39 is 11.5 Å². The van der Waals surface area contributed by atoms with Crippen LogP contribution in [0.3, 0.4) is 0 Å². The van der Waals surface area contributed by atoms with E-state index in [1.54, 1.807) is 0 Å². The number of esters is 2. The predicted molar refractivity (Wildman–Crippen MR) is 96.1 cm³/mol. The number of hydrogen-bond donors (Lipinski definition) is 0. The summed E-state index contributed by atoms with van der Waals surface area (Å²) < 4.78 is 10.2. The van der Waals surface area contributed by atoms with Gasteiger partial charge in [0.2, 0.25) is 11.4 Å². The summed E-state index contributed by atoms with van der Waals surface area (Å²) in [5.41, 5.74) is -0.352. The molecule has 2 rings (SSSR count). The lowest BCUT2D eigenvalue weighted by Crippen LogP contribution is -2.66. The van der Waals surface area contributed by atoms with Crippen molar-refractivity contribution < 1.29 is 23.9 Å². The van der Waals surface area contributed by atoms with Crippen molar-refractivity contribution in [2.45, 2.75) is 45.3 Å². The Morgan fingerprint density at radius 2 is 1.85 bits per heavy atom. The molecule has 0 aliphatic carbocycles. The van der Waals surface area contributed by atoms with Gasteiger partial charge in [0, 0.05) is 19.4 Å². The first-order chi connectivity index (χ1) is 12.3. The lowest BCUT2D eigenvalue weighted by molar-refractivity contribution is -0.172. The lowest BCUT2D eigenvalue weighted by Gasteiger charge is -2.50. The molecule has 0 aromatic heterocycles. The first-order valence-electron chi connectivity index (χ1n) is 8.63. The normalized spacial score (nSPS) is 20.5. The highest BCUT2D eigenvalue weighted by atomic mass is 35.5. The fourth-order valence-electron chi connectivity index (χ4n) is 3.15. The van der Waals surface area contributed by atoms with E-state index in [-0.39, 0.29) is 43.0 Å². The average molecular weight is 382 g/mol. The van der Waals surface area contributed by atoms with Gasteiger partial charge in [0.15, 0.2) is 0 Å². The minimum Gasteiger partial charge on any atom is -0.466 e. The fourth-order valence-corrected chi connectivity index (χ4v) is 3.46. The zero-order valence-corrected chi connectivity index (χ0v) is 15.9. The van der Waals surface area contributed by atoms with Gasteiger partial charge in [-0.15, -0.1) is 0 Å². The molecule has 0 radical (unpaired) electrons. The molecule has 1 aromatic carbocycles. The van der Waals surface area contributed by atoms with Crippen LogP contribution in [0.1, 0.15) is 32.8 Å². The Kier molecular flexibility index (Phi) is 7.03. The van der Waals surface area contributed by atoms with Gasteiger partial charge in [-0.25, -0.2) is 4.79 Å². The van der Waals surface area contributed by atoms with E-state index in [0.29, 0.717) is 6.42 Å². The Morgan fingerprint density at radius 1 is 1.19 bits per heavy atom. The molecular weight excluding hydrogens is 358 g/mol. The zero-order valence-electron chi connectivity index (χ0n) is 15.2. The van der Waals surface area contributed by atoms with Crippen molar-refractivity contribution in [2.75, 3.05) is 6.61 Å². The molecule has 0 saturated carbocycles. The second-order valence-electron chi connectivity index (χ2n) is 6.64. The maximum atomic E-state index is 12.5. The van der Waals surface area contributed by atoms with Crippen molar-refractivity contribution in [3.05, 3.63) is 35.9 Å². The summed E-state index contributed by atoms with van der Waals surface area (Å²) in [4.78, 5) is 37.0. The van der Waals surface area contributed by atoms with Gasteiger partial charge in [0.25, 0.3) is 0 Å². The number of benzene rings is 1. The molecule has 3 atom stereocenters. The smallest absolute Gasteiger partial charge is 0.344 e.